The third-order valence-corrected chi connectivity index (χ3v) is 3.18. The van der Waals surface area contributed by atoms with Crippen LogP contribution in [-0.2, 0) is 6.54 Å². The summed E-state index contributed by atoms with van der Waals surface area (Å²) < 4.78 is 0. The summed E-state index contributed by atoms with van der Waals surface area (Å²) in [6, 6.07) is 5.85. The first-order valence-electron chi connectivity index (χ1n) is 6.64. The number of rotatable bonds is 5. The van der Waals surface area contributed by atoms with Crippen molar-refractivity contribution in [2.75, 3.05) is 16.9 Å². The number of nitrogens with zero attached hydrogens (tertiary/aromatic N) is 5. The molecule has 0 aliphatic rings. The molecular formula is C13H16N8. The molecule has 0 amide bonds. The van der Waals surface area contributed by atoms with Gasteiger partial charge in [0, 0.05) is 12.7 Å². The van der Waals surface area contributed by atoms with Gasteiger partial charge in [0.1, 0.15) is 5.82 Å². The summed E-state index contributed by atoms with van der Waals surface area (Å²) in [5.41, 5.74) is 4.09. The number of aromatic nitrogens is 5. The van der Waals surface area contributed by atoms with E-state index in [9.17, 15) is 0 Å². The van der Waals surface area contributed by atoms with E-state index in [4.69, 9.17) is 5.84 Å². The van der Waals surface area contributed by atoms with E-state index in [2.05, 4.69) is 42.4 Å². The van der Waals surface area contributed by atoms with Crippen molar-refractivity contribution in [1.82, 2.24) is 25.1 Å². The summed E-state index contributed by atoms with van der Waals surface area (Å²) in [6.45, 7) is 3.49. The van der Waals surface area contributed by atoms with Crippen molar-refractivity contribution in [2.45, 2.75) is 13.5 Å². The van der Waals surface area contributed by atoms with Crippen LogP contribution in [0.2, 0.25) is 0 Å². The van der Waals surface area contributed by atoms with Crippen LogP contribution in [-0.4, -0.2) is 31.7 Å². The largest absolute Gasteiger partial charge is 0.350 e. The van der Waals surface area contributed by atoms with Crippen LogP contribution in [0.1, 0.15) is 12.6 Å². The van der Waals surface area contributed by atoms with Crippen LogP contribution in [0, 0.1) is 0 Å². The van der Waals surface area contributed by atoms with Crippen molar-refractivity contribution < 1.29 is 0 Å². The molecule has 0 unspecified atom stereocenters. The minimum atomic E-state index is 0.348. The van der Waals surface area contributed by atoms with Crippen LogP contribution < -0.4 is 16.2 Å². The van der Waals surface area contributed by atoms with Crippen molar-refractivity contribution in [3.8, 4) is 0 Å². The van der Waals surface area contributed by atoms with Gasteiger partial charge in [0.2, 0.25) is 5.95 Å². The SMILES string of the molecule is CCN(Cc1ccccn1)c1nc(NN)nc2[nH]ncc12. The van der Waals surface area contributed by atoms with Crippen LogP contribution in [0.4, 0.5) is 11.8 Å². The van der Waals surface area contributed by atoms with Gasteiger partial charge in [-0.3, -0.25) is 15.5 Å². The molecule has 108 valence electrons. The summed E-state index contributed by atoms with van der Waals surface area (Å²) in [4.78, 5) is 15.1. The van der Waals surface area contributed by atoms with Gasteiger partial charge < -0.3 is 4.90 Å². The first kappa shape index (κ1) is 13.3. The van der Waals surface area contributed by atoms with E-state index in [0.29, 0.717) is 18.1 Å². The minimum absolute atomic E-state index is 0.348. The van der Waals surface area contributed by atoms with Gasteiger partial charge in [0.15, 0.2) is 5.65 Å². The molecule has 0 atom stereocenters. The van der Waals surface area contributed by atoms with Crippen molar-refractivity contribution in [1.29, 1.82) is 0 Å². The Balaban J connectivity index is 2.01. The Morgan fingerprint density at radius 1 is 1.33 bits per heavy atom. The van der Waals surface area contributed by atoms with Crippen molar-refractivity contribution >= 4 is 22.8 Å². The number of anilines is 2. The van der Waals surface area contributed by atoms with Gasteiger partial charge in [-0.15, -0.1) is 0 Å². The fraction of sp³-hybridized carbons (Fsp3) is 0.231. The number of hydrogen-bond donors (Lipinski definition) is 3. The molecule has 0 saturated carbocycles. The average molecular weight is 284 g/mol. The van der Waals surface area contributed by atoms with E-state index in [-0.39, 0.29) is 0 Å². The zero-order valence-corrected chi connectivity index (χ0v) is 11.6. The Kier molecular flexibility index (Phi) is 3.61. The second kappa shape index (κ2) is 5.71. The zero-order chi connectivity index (χ0) is 14.7. The Bertz CT molecular complexity index is 723. The van der Waals surface area contributed by atoms with Gasteiger partial charge in [-0.1, -0.05) is 6.07 Å². The monoisotopic (exact) mass is 284 g/mol. The number of hydrazine groups is 1. The molecule has 0 saturated heterocycles. The first-order valence-corrected chi connectivity index (χ1v) is 6.64. The third kappa shape index (κ3) is 2.61. The molecule has 4 N–H and O–H groups in total. The van der Waals surface area contributed by atoms with E-state index in [0.717, 1.165) is 23.4 Å². The smallest absolute Gasteiger partial charge is 0.241 e. The van der Waals surface area contributed by atoms with Crippen LogP contribution in [0.25, 0.3) is 11.0 Å². The Labute approximate surface area is 121 Å². The molecule has 8 heteroatoms. The van der Waals surface area contributed by atoms with Crippen LogP contribution in [0.5, 0.6) is 0 Å². The quantitative estimate of drug-likeness (QED) is 0.475. The lowest BCUT2D eigenvalue weighted by molar-refractivity contribution is 0.797. The summed E-state index contributed by atoms with van der Waals surface area (Å²) >= 11 is 0. The molecule has 0 aliphatic carbocycles. The van der Waals surface area contributed by atoms with Gasteiger partial charge >= 0.3 is 0 Å². The highest BCUT2D eigenvalue weighted by atomic mass is 15.3. The van der Waals surface area contributed by atoms with Crippen molar-refractivity contribution in [2.24, 2.45) is 5.84 Å². The van der Waals surface area contributed by atoms with Crippen LogP contribution in [0.15, 0.2) is 30.6 Å². The molecule has 3 rings (SSSR count). The number of pyridine rings is 1. The molecular weight excluding hydrogens is 268 g/mol. The van der Waals surface area contributed by atoms with Gasteiger partial charge in [0.05, 0.1) is 23.8 Å². The molecule has 0 aliphatic heterocycles. The van der Waals surface area contributed by atoms with E-state index in [1.54, 1.807) is 12.4 Å². The van der Waals surface area contributed by atoms with E-state index in [1.165, 1.54) is 0 Å². The maximum Gasteiger partial charge on any atom is 0.241 e. The lowest BCUT2D eigenvalue weighted by Gasteiger charge is -2.22. The van der Waals surface area contributed by atoms with Gasteiger partial charge in [0.25, 0.3) is 0 Å². The van der Waals surface area contributed by atoms with Gasteiger partial charge in [-0.05, 0) is 19.1 Å². The van der Waals surface area contributed by atoms with Crippen LogP contribution in [0.3, 0.4) is 0 Å². The lowest BCUT2D eigenvalue weighted by atomic mass is 10.3. The summed E-state index contributed by atoms with van der Waals surface area (Å²) in [5, 5.41) is 7.71. The minimum Gasteiger partial charge on any atom is -0.350 e. The average Bonchev–Trinajstić information content (AvgIpc) is 3.01. The second-order valence-electron chi connectivity index (χ2n) is 4.48. The Morgan fingerprint density at radius 3 is 2.95 bits per heavy atom. The highest BCUT2D eigenvalue weighted by molar-refractivity contribution is 5.87. The number of nitrogens with two attached hydrogens (primary N) is 1. The summed E-state index contributed by atoms with van der Waals surface area (Å²) in [7, 11) is 0. The molecule has 8 nitrogen and oxygen atoms in total. The predicted molar refractivity (Wildman–Crippen MR) is 80.5 cm³/mol. The number of nitrogens with one attached hydrogen (secondary N) is 2. The molecule has 0 bridgehead atoms. The van der Waals surface area contributed by atoms with Gasteiger partial charge in [-0.25, -0.2) is 5.84 Å². The standard InChI is InChI=1S/C13H16N8/c1-2-21(8-9-5-3-4-6-15-9)12-10-7-16-20-11(10)17-13(18-12)19-14/h3-7H,2,8,14H2,1H3,(H2,16,17,18,19,20). The van der Waals surface area contributed by atoms with Gasteiger partial charge in [-0.2, -0.15) is 15.1 Å². The number of nitrogen functional groups attached to an aromatic ring is 1. The third-order valence-electron chi connectivity index (χ3n) is 3.18. The number of fused-ring (bicyclic) bond motifs is 1. The highest BCUT2D eigenvalue weighted by Crippen LogP contribution is 2.24. The van der Waals surface area contributed by atoms with E-state index in [1.807, 2.05) is 18.2 Å². The number of aromatic amines is 1. The second-order valence-corrected chi connectivity index (χ2v) is 4.48. The molecule has 3 aromatic rings. The number of hydrogen-bond acceptors (Lipinski definition) is 7. The Morgan fingerprint density at radius 2 is 2.24 bits per heavy atom. The molecule has 3 heterocycles. The maximum absolute atomic E-state index is 5.43. The highest BCUT2D eigenvalue weighted by Gasteiger charge is 2.15. The van der Waals surface area contributed by atoms with E-state index >= 15 is 0 Å². The first-order chi connectivity index (χ1) is 10.3. The summed E-state index contributed by atoms with van der Waals surface area (Å²) in [6.07, 6.45) is 3.50. The topological polar surface area (TPSA) is 109 Å². The molecule has 0 spiro atoms. The number of H-pyrrole nitrogens is 1. The zero-order valence-electron chi connectivity index (χ0n) is 11.6. The fourth-order valence-electron chi connectivity index (χ4n) is 2.15. The molecule has 0 fully saturated rings. The fourth-order valence-corrected chi connectivity index (χ4v) is 2.15. The van der Waals surface area contributed by atoms with Crippen LogP contribution >= 0.6 is 0 Å². The van der Waals surface area contributed by atoms with Crippen molar-refractivity contribution in [3.05, 3.63) is 36.3 Å². The van der Waals surface area contributed by atoms with Crippen molar-refractivity contribution in [3.63, 3.8) is 0 Å². The molecule has 0 aromatic carbocycles. The predicted octanol–water partition coefficient (Wildman–Crippen LogP) is 1.06. The molecule has 0 radical (unpaired) electrons. The Hall–Kier alpha value is -2.74. The maximum atomic E-state index is 5.43. The molecule has 3 aromatic heterocycles. The van der Waals surface area contributed by atoms with E-state index < -0.39 is 0 Å². The molecule has 21 heavy (non-hydrogen) atoms. The summed E-state index contributed by atoms with van der Waals surface area (Å²) in [5.74, 6) is 6.55. The lowest BCUT2D eigenvalue weighted by Crippen LogP contribution is -2.25. The normalized spacial score (nSPS) is 10.8.